The molecule has 154 valence electrons. The number of halogens is 1. The van der Waals surface area contributed by atoms with Crippen molar-refractivity contribution in [1.29, 1.82) is 0 Å². The Hall–Kier alpha value is -2.19. The summed E-state index contributed by atoms with van der Waals surface area (Å²) in [5, 5.41) is 12.5. The lowest BCUT2D eigenvalue weighted by molar-refractivity contribution is -0.131. The average Bonchev–Trinajstić information content (AvgIpc) is 3.26. The standard InChI is InChI=1S/C20H30FN5O2/c1-22-20(23-13-16-4-5-18(21)17(12-16)15-27)26-10-8-24(9-11-26)14-19(28)25-6-2-3-7-25/h4-5,12,27H,2-3,6-11,13-15H2,1H3,(H,22,23). The fraction of sp³-hybridized carbons (Fsp3) is 0.600. The van der Waals surface area contributed by atoms with Gasteiger partial charge in [0.25, 0.3) is 0 Å². The van der Waals surface area contributed by atoms with Crippen molar-refractivity contribution >= 4 is 11.9 Å². The molecule has 0 radical (unpaired) electrons. The van der Waals surface area contributed by atoms with Crippen molar-refractivity contribution in [3.05, 3.63) is 35.1 Å². The summed E-state index contributed by atoms with van der Waals surface area (Å²) < 4.78 is 13.5. The Morgan fingerprint density at radius 2 is 1.86 bits per heavy atom. The molecule has 2 saturated heterocycles. The Bertz CT molecular complexity index is 698. The number of nitrogens with zero attached hydrogens (tertiary/aromatic N) is 4. The number of benzene rings is 1. The van der Waals surface area contributed by atoms with Gasteiger partial charge < -0.3 is 20.2 Å². The summed E-state index contributed by atoms with van der Waals surface area (Å²) in [4.78, 5) is 23.0. The number of carbonyl (C=O) groups excluding carboxylic acids is 1. The van der Waals surface area contributed by atoms with E-state index in [1.807, 2.05) is 4.90 Å². The molecule has 2 fully saturated rings. The molecule has 0 unspecified atom stereocenters. The van der Waals surface area contributed by atoms with Crippen molar-refractivity contribution in [3.63, 3.8) is 0 Å². The van der Waals surface area contributed by atoms with E-state index in [2.05, 4.69) is 20.1 Å². The first-order chi connectivity index (χ1) is 13.6. The van der Waals surface area contributed by atoms with Gasteiger partial charge in [0, 0.05) is 58.4 Å². The van der Waals surface area contributed by atoms with Crippen LogP contribution in [0, 0.1) is 5.82 Å². The highest BCUT2D eigenvalue weighted by Gasteiger charge is 2.24. The number of aliphatic hydroxyl groups excluding tert-OH is 1. The SMILES string of the molecule is CN=C(NCc1ccc(F)c(CO)c1)N1CCN(CC(=O)N2CCCC2)CC1. The third-order valence-corrected chi connectivity index (χ3v) is 5.43. The van der Waals surface area contributed by atoms with Gasteiger partial charge in [0.2, 0.25) is 5.91 Å². The Morgan fingerprint density at radius 1 is 1.14 bits per heavy atom. The Labute approximate surface area is 165 Å². The Morgan fingerprint density at radius 3 is 2.50 bits per heavy atom. The summed E-state index contributed by atoms with van der Waals surface area (Å²) in [5.74, 6) is 0.639. The van der Waals surface area contributed by atoms with Crippen LogP contribution in [0.5, 0.6) is 0 Å². The van der Waals surface area contributed by atoms with Crippen molar-refractivity contribution in [2.75, 3.05) is 52.9 Å². The van der Waals surface area contributed by atoms with E-state index in [0.717, 1.165) is 63.6 Å². The monoisotopic (exact) mass is 391 g/mol. The van der Waals surface area contributed by atoms with Crippen molar-refractivity contribution in [3.8, 4) is 0 Å². The van der Waals surface area contributed by atoms with Crippen LogP contribution in [0.2, 0.25) is 0 Å². The zero-order chi connectivity index (χ0) is 19.9. The largest absolute Gasteiger partial charge is 0.392 e. The van der Waals surface area contributed by atoms with Crippen LogP contribution in [0.15, 0.2) is 23.2 Å². The highest BCUT2D eigenvalue weighted by atomic mass is 19.1. The number of aliphatic hydroxyl groups is 1. The maximum absolute atomic E-state index is 13.5. The number of rotatable bonds is 5. The molecule has 7 nitrogen and oxygen atoms in total. The fourth-order valence-electron chi connectivity index (χ4n) is 3.75. The molecular formula is C20H30FN5O2. The Kier molecular flexibility index (Phi) is 7.22. The number of hydrogen-bond donors (Lipinski definition) is 2. The van der Waals surface area contributed by atoms with Crippen LogP contribution in [0.3, 0.4) is 0 Å². The van der Waals surface area contributed by atoms with Crippen LogP contribution in [-0.2, 0) is 17.9 Å². The number of nitrogens with one attached hydrogen (secondary N) is 1. The molecule has 1 aromatic rings. The molecule has 28 heavy (non-hydrogen) atoms. The van der Waals surface area contributed by atoms with Crippen LogP contribution in [-0.4, -0.2) is 84.5 Å². The number of hydrogen-bond acceptors (Lipinski definition) is 4. The molecule has 8 heteroatoms. The second kappa shape index (κ2) is 9.84. The summed E-state index contributed by atoms with van der Waals surface area (Å²) in [5.41, 5.74) is 1.19. The third-order valence-electron chi connectivity index (χ3n) is 5.43. The van der Waals surface area contributed by atoms with Crippen LogP contribution in [0.1, 0.15) is 24.0 Å². The summed E-state index contributed by atoms with van der Waals surface area (Å²) in [6.07, 6.45) is 2.24. The van der Waals surface area contributed by atoms with E-state index in [0.29, 0.717) is 18.7 Å². The van der Waals surface area contributed by atoms with Crippen LogP contribution in [0.4, 0.5) is 4.39 Å². The van der Waals surface area contributed by atoms with Gasteiger partial charge in [-0.3, -0.25) is 14.7 Å². The number of guanidine groups is 1. The lowest BCUT2D eigenvalue weighted by Gasteiger charge is -2.36. The molecule has 3 rings (SSSR count). The average molecular weight is 391 g/mol. The smallest absolute Gasteiger partial charge is 0.236 e. The molecule has 0 aromatic heterocycles. The number of piperazine rings is 1. The fourth-order valence-corrected chi connectivity index (χ4v) is 3.75. The van der Waals surface area contributed by atoms with E-state index in [-0.39, 0.29) is 12.5 Å². The topological polar surface area (TPSA) is 71.4 Å². The lowest BCUT2D eigenvalue weighted by atomic mass is 10.1. The summed E-state index contributed by atoms with van der Waals surface area (Å²) in [6, 6.07) is 4.75. The Balaban J connectivity index is 1.46. The van der Waals surface area contributed by atoms with E-state index in [1.165, 1.54) is 6.07 Å². The molecule has 0 saturated carbocycles. The van der Waals surface area contributed by atoms with Crippen molar-refractivity contribution in [1.82, 2.24) is 20.0 Å². The van der Waals surface area contributed by atoms with E-state index in [9.17, 15) is 14.3 Å². The van der Waals surface area contributed by atoms with Crippen LogP contribution in [0.25, 0.3) is 0 Å². The molecule has 2 N–H and O–H groups in total. The van der Waals surface area contributed by atoms with Gasteiger partial charge in [-0.2, -0.15) is 0 Å². The molecule has 0 spiro atoms. The summed E-state index contributed by atoms with van der Waals surface area (Å²) in [6.45, 7) is 5.75. The van der Waals surface area contributed by atoms with Gasteiger partial charge in [-0.25, -0.2) is 4.39 Å². The predicted molar refractivity (Wildman–Crippen MR) is 106 cm³/mol. The first kappa shape index (κ1) is 20.5. The van der Waals surface area contributed by atoms with E-state index >= 15 is 0 Å². The van der Waals surface area contributed by atoms with Crippen molar-refractivity contribution in [2.45, 2.75) is 26.0 Å². The van der Waals surface area contributed by atoms with E-state index in [4.69, 9.17) is 0 Å². The van der Waals surface area contributed by atoms with Gasteiger partial charge in [-0.05, 0) is 30.5 Å². The first-order valence-corrected chi connectivity index (χ1v) is 9.94. The molecule has 0 aliphatic carbocycles. The van der Waals surface area contributed by atoms with Gasteiger partial charge in [-0.1, -0.05) is 6.07 Å². The van der Waals surface area contributed by atoms with Crippen LogP contribution < -0.4 is 5.32 Å². The van der Waals surface area contributed by atoms with Gasteiger partial charge in [-0.15, -0.1) is 0 Å². The first-order valence-electron chi connectivity index (χ1n) is 9.94. The maximum Gasteiger partial charge on any atom is 0.236 e. The molecule has 2 aliphatic rings. The second-order valence-electron chi connectivity index (χ2n) is 7.34. The van der Waals surface area contributed by atoms with E-state index < -0.39 is 5.82 Å². The van der Waals surface area contributed by atoms with Crippen molar-refractivity contribution in [2.24, 2.45) is 4.99 Å². The zero-order valence-electron chi connectivity index (χ0n) is 16.5. The highest BCUT2D eigenvalue weighted by Crippen LogP contribution is 2.12. The van der Waals surface area contributed by atoms with Crippen molar-refractivity contribution < 1.29 is 14.3 Å². The highest BCUT2D eigenvalue weighted by molar-refractivity contribution is 5.80. The number of aliphatic imine (C=N–C) groups is 1. The van der Waals surface area contributed by atoms with Gasteiger partial charge in [0.1, 0.15) is 5.82 Å². The van der Waals surface area contributed by atoms with Crippen LogP contribution >= 0.6 is 0 Å². The summed E-state index contributed by atoms with van der Waals surface area (Å²) in [7, 11) is 1.75. The number of amides is 1. The van der Waals surface area contributed by atoms with Gasteiger partial charge in [0.15, 0.2) is 5.96 Å². The molecule has 0 bridgehead atoms. The molecule has 2 aliphatic heterocycles. The normalized spacial score (nSPS) is 18.6. The van der Waals surface area contributed by atoms with Gasteiger partial charge >= 0.3 is 0 Å². The second-order valence-corrected chi connectivity index (χ2v) is 7.34. The lowest BCUT2D eigenvalue weighted by Crippen LogP contribution is -2.54. The molecule has 0 atom stereocenters. The predicted octanol–water partition coefficient (Wildman–Crippen LogP) is 0.633. The number of likely N-dealkylation sites (tertiary alicyclic amines) is 1. The molecule has 2 heterocycles. The van der Waals surface area contributed by atoms with Gasteiger partial charge in [0.05, 0.1) is 13.2 Å². The molecule has 1 aromatic carbocycles. The minimum atomic E-state index is -0.393. The number of carbonyl (C=O) groups is 1. The molecular weight excluding hydrogens is 361 g/mol. The minimum absolute atomic E-state index is 0.240. The summed E-state index contributed by atoms with van der Waals surface area (Å²) >= 11 is 0. The third kappa shape index (κ3) is 5.20. The minimum Gasteiger partial charge on any atom is -0.392 e. The quantitative estimate of drug-likeness (QED) is 0.569. The van der Waals surface area contributed by atoms with E-state index in [1.54, 1.807) is 19.2 Å². The molecule has 1 amide bonds. The zero-order valence-corrected chi connectivity index (χ0v) is 16.5. The maximum atomic E-state index is 13.5.